The van der Waals surface area contributed by atoms with Gasteiger partial charge < -0.3 is 15.4 Å². The standard InChI is InChI=1S/C21H21N3O3/c1-4-27-21(26)17-7-5-6-8-18(17)24-20(25)16(12-22)13-23-19-11-14(2)9-10-15(19)3/h5-11,13,23H,4H2,1-3H3,(H,24,25)/b16-13-. The lowest BCUT2D eigenvalue weighted by atomic mass is 10.1. The highest BCUT2D eigenvalue weighted by Gasteiger charge is 2.16. The summed E-state index contributed by atoms with van der Waals surface area (Å²) in [4.78, 5) is 24.5. The maximum atomic E-state index is 12.5. The molecule has 0 atom stereocenters. The topological polar surface area (TPSA) is 91.2 Å². The summed E-state index contributed by atoms with van der Waals surface area (Å²) in [5, 5.41) is 14.9. The Kier molecular flexibility index (Phi) is 6.73. The molecule has 0 aliphatic carbocycles. The maximum Gasteiger partial charge on any atom is 0.340 e. The van der Waals surface area contributed by atoms with Crippen molar-refractivity contribution in [3.05, 3.63) is 70.9 Å². The van der Waals surface area contributed by atoms with E-state index < -0.39 is 11.9 Å². The maximum absolute atomic E-state index is 12.5. The van der Waals surface area contributed by atoms with Crippen LogP contribution in [0, 0.1) is 25.2 Å². The monoisotopic (exact) mass is 363 g/mol. The second kappa shape index (κ2) is 9.20. The van der Waals surface area contributed by atoms with Crippen molar-refractivity contribution >= 4 is 23.3 Å². The summed E-state index contributed by atoms with van der Waals surface area (Å²) in [5.41, 5.74) is 3.25. The average molecular weight is 363 g/mol. The summed E-state index contributed by atoms with van der Waals surface area (Å²) in [6.07, 6.45) is 1.35. The van der Waals surface area contributed by atoms with Gasteiger partial charge in [0.2, 0.25) is 0 Å². The number of aryl methyl sites for hydroxylation is 2. The minimum atomic E-state index is -0.618. The normalized spacial score (nSPS) is 10.7. The summed E-state index contributed by atoms with van der Waals surface area (Å²) in [6, 6.07) is 14.2. The van der Waals surface area contributed by atoms with Crippen molar-refractivity contribution in [2.45, 2.75) is 20.8 Å². The molecule has 2 aromatic rings. The number of ether oxygens (including phenoxy) is 1. The van der Waals surface area contributed by atoms with Crippen LogP contribution in [0.3, 0.4) is 0 Å². The molecule has 0 spiro atoms. The Bertz CT molecular complexity index is 927. The third-order valence-corrected chi connectivity index (χ3v) is 3.80. The van der Waals surface area contributed by atoms with Gasteiger partial charge in [0.05, 0.1) is 17.9 Å². The minimum absolute atomic E-state index is 0.116. The van der Waals surface area contributed by atoms with Crippen molar-refractivity contribution in [3.63, 3.8) is 0 Å². The third-order valence-electron chi connectivity index (χ3n) is 3.80. The lowest BCUT2D eigenvalue weighted by Crippen LogP contribution is -2.17. The Morgan fingerprint density at radius 2 is 1.89 bits per heavy atom. The second-order valence-electron chi connectivity index (χ2n) is 5.85. The molecule has 2 aromatic carbocycles. The molecule has 6 heteroatoms. The molecule has 138 valence electrons. The molecular formula is C21H21N3O3. The van der Waals surface area contributed by atoms with Crippen molar-refractivity contribution in [1.29, 1.82) is 5.26 Å². The van der Waals surface area contributed by atoms with Crippen LogP contribution in [0.5, 0.6) is 0 Å². The molecule has 0 saturated heterocycles. The van der Waals surface area contributed by atoms with Crippen molar-refractivity contribution in [2.24, 2.45) is 0 Å². The second-order valence-corrected chi connectivity index (χ2v) is 5.85. The molecule has 0 bridgehead atoms. The highest BCUT2D eigenvalue weighted by atomic mass is 16.5. The molecular weight excluding hydrogens is 342 g/mol. The highest BCUT2D eigenvalue weighted by molar-refractivity contribution is 6.09. The summed E-state index contributed by atoms with van der Waals surface area (Å²) in [5.74, 6) is -1.16. The van der Waals surface area contributed by atoms with Crippen LogP contribution in [0.25, 0.3) is 0 Å². The SMILES string of the molecule is CCOC(=O)c1ccccc1NC(=O)/C(C#N)=C\Nc1cc(C)ccc1C. The molecule has 1 amide bonds. The molecule has 0 aliphatic rings. The van der Waals surface area contributed by atoms with E-state index in [0.717, 1.165) is 16.8 Å². The molecule has 0 aromatic heterocycles. The molecule has 0 saturated carbocycles. The zero-order chi connectivity index (χ0) is 19.8. The highest BCUT2D eigenvalue weighted by Crippen LogP contribution is 2.19. The number of nitriles is 1. The first-order valence-electron chi connectivity index (χ1n) is 8.47. The quantitative estimate of drug-likeness (QED) is 0.461. The first kappa shape index (κ1) is 19.7. The summed E-state index contributed by atoms with van der Waals surface area (Å²) < 4.78 is 4.98. The van der Waals surface area contributed by atoms with Gasteiger partial charge in [-0.15, -0.1) is 0 Å². The molecule has 6 nitrogen and oxygen atoms in total. The van der Waals surface area contributed by atoms with Crippen LogP contribution in [-0.2, 0) is 9.53 Å². The minimum Gasteiger partial charge on any atom is -0.462 e. The number of hydrogen-bond donors (Lipinski definition) is 2. The van der Waals surface area contributed by atoms with E-state index in [1.54, 1.807) is 31.2 Å². The Hall–Kier alpha value is -3.59. The Morgan fingerprint density at radius 1 is 1.15 bits per heavy atom. The van der Waals surface area contributed by atoms with Crippen molar-refractivity contribution in [3.8, 4) is 6.07 Å². The zero-order valence-corrected chi connectivity index (χ0v) is 15.5. The number of benzene rings is 2. The number of carbonyl (C=O) groups is 2. The summed E-state index contributed by atoms with van der Waals surface area (Å²) in [7, 11) is 0. The van der Waals surface area contributed by atoms with Gasteiger partial charge in [0.1, 0.15) is 11.6 Å². The Morgan fingerprint density at radius 3 is 2.59 bits per heavy atom. The smallest absolute Gasteiger partial charge is 0.340 e. The fourth-order valence-corrected chi connectivity index (χ4v) is 2.36. The number of nitrogens with one attached hydrogen (secondary N) is 2. The van der Waals surface area contributed by atoms with Gasteiger partial charge in [-0.25, -0.2) is 4.79 Å². The van der Waals surface area contributed by atoms with E-state index in [4.69, 9.17) is 4.74 Å². The van der Waals surface area contributed by atoms with Crippen molar-refractivity contribution in [2.75, 3.05) is 17.2 Å². The van der Waals surface area contributed by atoms with Crippen LogP contribution in [-0.4, -0.2) is 18.5 Å². The van der Waals surface area contributed by atoms with Crippen LogP contribution in [0.4, 0.5) is 11.4 Å². The molecule has 27 heavy (non-hydrogen) atoms. The van der Waals surface area contributed by atoms with Gasteiger partial charge in [-0.1, -0.05) is 24.3 Å². The first-order chi connectivity index (χ1) is 13.0. The largest absolute Gasteiger partial charge is 0.462 e. The van der Waals surface area contributed by atoms with E-state index in [1.807, 2.05) is 38.1 Å². The predicted molar refractivity (Wildman–Crippen MR) is 104 cm³/mol. The Labute approximate surface area is 158 Å². The number of para-hydroxylation sites is 1. The third kappa shape index (κ3) is 5.19. The zero-order valence-electron chi connectivity index (χ0n) is 15.5. The number of anilines is 2. The van der Waals surface area contributed by atoms with Gasteiger partial charge in [0.25, 0.3) is 5.91 Å². The molecule has 2 rings (SSSR count). The number of rotatable bonds is 6. The first-order valence-corrected chi connectivity index (χ1v) is 8.47. The fraction of sp³-hybridized carbons (Fsp3) is 0.190. The van der Waals surface area contributed by atoms with Crippen molar-refractivity contribution in [1.82, 2.24) is 0 Å². The van der Waals surface area contributed by atoms with Crippen LogP contribution in [0.1, 0.15) is 28.4 Å². The number of carbonyl (C=O) groups excluding carboxylic acids is 2. The number of hydrogen-bond acceptors (Lipinski definition) is 5. The van der Waals surface area contributed by atoms with Gasteiger partial charge in [-0.05, 0) is 50.1 Å². The van der Waals surface area contributed by atoms with Gasteiger partial charge >= 0.3 is 5.97 Å². The fourth-order valence-electron chi connectivity index (χ4n) is 2.36. The van der Waals surface area contributed by atoms with Gasteiger partial charge in [-0.2, -0.15) is 5.26 Å². The predicted octanol–water partition coefficient (Wildman–Crippen LogP) is 3.94. The van der Waals surface area contributed by atoms with E-state index in [2.05, 4.69) is 10.6 Å². The molecule has 0 fully saturated rings. The van der Waals surface area contributed by atoms with Crippen LogP contribution < -0.4 is 10.6 Å². The molecule has 0 unspecified atom stereocenters. The van der Waals surface area contributed by atoms with Crippen LogP contribution in [0.15, 0.2) is 54.2 Å². The van der Waals surface area contributed by atoms with E-state index in [1.165, 1.54) is 6.20 Å². The lowest BCUT2D eigenvalue weighted by molar-refractivity contribution is -0.112. The van der Waals surface area contributed by atoms with E-state index in [9.17, 15) is 14.9 Å². The van der Waals surface area contributed by atoms with E-state index in [0.29, 0.717) is 0 Å². The van der Waals surface area contributed by atoms with Gasteiger partial charge in [-0.3, -0.25) is 4.79 Å². The van der Waals surface area contributed by atoms with Gasteiger partial charge in [0.15, 0.2) is 0 Å². The summed E-state index contributed by atoms with van der Waals surface area (Å²) >= 11 is 0. The number of esters is 1. The molecule has 0 heterocycles. The number of nitrogens with zero attached hydrogens (tertiary/aromatic N) is 1. The Balaban J connectivity index is 2.20. The van der Waals surface area contributed by atoms with Crippen LogP contribution >= 0.6 is 0 Å². The van der Waals surface area contributed by atoms with Crippen LogP contribution in [0.2, 0.25) is 0 Å². The van der Waals surface area contributed by atoms with Crippen molar-refractivity contribution < 1.29 is 14.3 Å². The average Bonchev–Trinajstić information content (AvgIpc) is 2.65. The molecule has 0 radical (unpaired) electrons. The van der Waals surface area contributed by atoms with E-state index in [-0.39, 0.29) is 23.4 Å². The lowest BCUT2D eigenvalue weighted by Gasteiger charge is -2.10. The van der Waals surface area contributed by atoms with E-state index >= 15 is 0 Å². The summed E-state index contributed by atoms with van der Waals surface area (Å²) in [6.45, 7) is 5.81. The molecule has 0 aliphatic heterocycles. The molecule has 2 N–H and O–H groups in total. The number of amides is 1. The van der Waals surface area contributed by atoms with Gasteiger partial charge in [0, 0.05) is 11.9 Å².